The number of aromatic amines is 1. The van der Waals surface area contributed by atoms with Crippen LogP contribution in [0.2, 0.25) is 0 Å². The average Bonchev–Trinajstić information content (AvgIpc) is 2.88. The largest absolute Gasteiger partial charge is 0.343 e. The van der Waals surface area contributed by atoms with Crippen molar-refractivity contribution in [3.63, 3.8) is 0 Å². The van der Waals surface area contributed by atoms with Crippen LogP contribution in [0.3, 0.4) is 0 Å². The van der Waals surface area contributed by atoms with Gasteiger partial charge >= 0.3 is 0 Å². The maximum absolute atomic E-state index is 11.8. The van der Waals surface area contributed by atoms with Crippen molar-refractivity contribution in [3.05, 3.63) is 18.0 Å². The summed E-state index contributed by atoms with van der Waals surface area (Å²) in [6.07, 6.45) is 5.91. The summed E-state index contributed by atoms with van der Waals surface area (Å²) in [6, 6.07) is 1.93. The minimum atomic E-state index is 0.279. The van der Waals surface area contributed by atoms with Crippen molar-refractivity contribution < 1.29 is 4.79 Å². The third kappa shape index (κ3) is 3.85. The molecule has 0 unspecified atom stereocenters. The average molecular weight is 236 g/mol. The van der Waals surface area contributed by atoms with Crippen molar-refractivity contribution in [1.29, 1.82) is 0 Å². The molecule has 1 aromatic heterocycles. The molecule has 1 aromatic rings. The van der Waals surface area contributed by atoms with Crippen LogP contribution in [0.1, 0.15) is 31.4 Å². The topological polar surface area (TPSA) is 61.0 Å². The normalized spacial score (nSPS) is 16.1. The highest BCUT2D eigenvalue weighted by atomic mass is 16.2. The van der Waals surface area contributed by atoms with Crippen molar-refractivity contribution in [1.82, 2.24) is 20.4 Å². The van der Waals surface area contributed by atoms with E-state index in [9.17, 15) is 4.79 Å². The number of hydrogen-bond donors (Lipinski definition) is 2. The second kappa shape index (κ2) is 6.39. The zero-order valence-corrected chi connectivity index (χ0v) is 10.1. The fourth-order valence-corrected chi connectivity index (χ4v) is 2.10. The molecule has 0 aromatic carbocycles. The third-order valence-electron chi connectivity index (χ3n) is 3.10. The van der Waals surface area contributed by atoms with Crippen LogP contribution in [-0.4, -0.2) is 40.6 Å². The molecular formula is C12H20N4O. The first-order valence-electron chi connectivity index (χ1n) is 6.33. The maximum Gasteiger partial charge on any atom is 0.223 e. The summed E-state index contributed by atoms with van der Waals surface area (Å²) in [5, 5.41) is 9.99. The van der Waals surface area contributed by atoms with Crippen LogP contribution < -0.4 is 5.32 Å². The van der Waals surface area contributed by atoms with Crippen molar-refractivity contribution in [2.45, 2.75) is 32.2 Å². The molecule has 1 aliphatic rings. The standard InChI is InChI=1S/C12H20N4O/c17-12(16-8-2-1-3-9-16)5-6-13-10-11-4-7-14-15-11/h4,7,13H,1-3,5-6,8-10H2,(H,14,15). The van der Waals surface area contributed by atoms with Crippen molar-refractivity contribution >= 4 is 5.91 Å². The predicted molar refractivity (Wildman–Crippen MR) is 65.3 cm³/mol. The lowest BCUT2D eigenvalue weighted by molar-refractivity contribution is -0.131. The number of likely N-dealkylation sites (tertiary alicyclic amines) is 1. The molecule has 0 radical (unpaired) electrons. The summed E-state index contributed by atoms with van der Waals surface area (Å²) < 4.78 is 0. The summed E-state index contributed by atoms with van der Waals surface area (Å²) in [4.78, 5) is 13.8. The van der Waals surface area contributed by atoms with Gasteiger partial charge in [0.05, 0.1) is 0 Å². The van der Waals surface area contributed by atoms with E-state index < -0.39 is 0 Å². The Labute approximate surface area is 102 Å². The SMILES string of the molecule is O=C(CCNCc1ccn[nH]1)N1CCCCC1. The molecule has 2 N–H and O–H groups in total. The summed E-state index contributed by atoms with van der Waals surface area (Å²) >= 11 is 0. The van der Waals surface area contributed by atoms with E-state index in [2.05, 4.69) is 15.5 Å². The number of nitrogens with zero attached hydrogens (tertiary/aromatic N) is 2. The van der Waals surface area contributed by atoms with Gasteiger partial charge in [-0.25, -0.2) is 0 Å². The van der Waals surface area contributed by atoms with E-state index in [1.54, 1.807) is 6.20 Å². The number of carbonyl (C=O) groups is 1. The Hall–Kier alpha value is -1.36. The molecule has 1 fully saturated rings. The molecule has 94 valence electrons. The number of H-pyrrole nitrogens is 1. The molecule has 2 rings (SSSR count). The lowest BCUT2D eigenvalue weighted by Gasteiger charge is -2.26. The molecule has 0 spiro atoms. The summed E-state index contributed by atoms with van der Waals surface area (Å²) in [5.74, 6) is 0.279. The highest BCUT2D eigenvalue weighted by Gasteiger charge is 2.15. The molecule has 1 aliphatic heterocycles. The molecule has 0 saturated carbocycles. The van der Waals surface area contributed by atoms with Crippen LogP contribution in [0.5, 0.6) is 0 Å². The molecule has 0 atom stereocenters. The zero-order chi connectivity index (χ0) is 11.9. The number of aromatic nitrogens is 2. The highest BCUT2D eigenvalue weighted by Crippen LogP contribution is 2.09. The van der Waals surface area contributed by atoms with E-state index in [1.807, 2.05) is 11.0 Å². The maximum atomic E-state index is 11.8. The first kappa shape index (κ1) is 12.1. The molecule has 0 bridgehead atoms. The number of piperidine rings is 1. The fourth-order valence-electron chi connectivity index (χ4n) is 2.10. The van der Waals surface area contributed by atoms with Crippen LogP contribution in [0.4, 0.5) is 0 Å². The minimum Gasteiger partial charge on any atom is -0.343 e. The monoisotopic (exact) mass is 236 g/mol. The van der Waals surface area contributed by atoms with Gasteiger partial charge in [0.15, 0.2) is 0 Å². The quantitative estimate of drug-likeness (QED) is 0.747. The third-order valence-corrected chi connectivity index (χ3v) is 3.10. The van der Waals surface area contributed by atoms with Gasteiger partial charge in [0, 0.05) is 44.5 Å². The van der Waals surface area contributed by atoms with Crippen LogP contribution in [0.25, 0.3) is 0 Å². The summed E-state index contributed by atoms with van der Waals surface area (Å²) in [5.41, 5.74) is 1.05. The Kier molecular flexibility index (Phi) is 4.55. The van der Waals surface area contributed by atoms with Gasteiger partial charge < -0.3 is 10.2 Å². The van der Waals surface area contributed by atoms with Crippen molar-refractivity contribution in [2.24, 2.45) is 0 Å². The van der Waals surface area contributed by atoms with E-state index in [-0.39, 0.29) is 5.91 Å². The lowest BCUT2D eigenvalue weighted by atomic mass is 10.1. The van der Waals surface area contributed by atoms with Crippen LogP contribution >= 0.6 is 0 Å². The van der Waals surface area contributed by atoms with E-state index in [0.717, 1.165) is 44.7 Å². The number of nitrogens with one attached hydrogen (secondary N) is 2. The minimum absolute atomic E-state index is 0.279. The van der Waals surface area contributed by atoms with Gasteiger partial charge in [-0.2, -0.15) is 5.10 Å². The molecule has 5 heteroatoms. The van der Waals surface area contributed by atoms with Gasteiger partial charge in [0.1, 0.15) is 0 Å². The van der Waals surface area contributed by atoms with Gasteiger partial charge in [0.2, 0.25) is 5.91 Å². The molecule has 0 aliphatic carbocycles. The van der Waals surface area contributed by atoms with Crippen LogP contribution in [-0.2, 0) is 11.3 Å². The van der Waals surface area contributed by atoms with Crippen molar-refractivity contribution in [3.8, 4) is 0 Å². The number of amides is 1. The highest BCUT2D eigenvalue weighted by molar-refractivity contribution is 5.76. The Balaban J connectivity index is 1.59. The molecule has 1 saturated heterocycles. The Morgan fingerprint density at radius 2 is 2.24 bits per heavy atom. The first-order valence-corrected chi connectivity index (χ1v) is 6.33. The Bertz CT molecular complexity index is 330. The summed E-state index contributed by atoms with van der Waals surface area (Å²) in [6.45, 7) is 3.36. The van der Waals surface area contributed by atoms with Crippen molar-refractivity contribution in [2.75, 3.05) is 19.6 Å². The van der Waals surface area contributed by atoms with E-state index in [1.165, 1.54) is 6.42 Å². The smallest absolute Gasteiger partial charge is 0.223 e. The predicted octanol–water partition coefficient (Wildman–Crippen LogP) is 0.902. The van der Waals surface area contributed by atoms with E-state index >= 15 is 0 Å². The van der Waals surface area contributed by atoms with Gasteiger partial charge in [0.25, 0.3) is 0 Å². The van der Waals surface area contributed by atoms with E-state index in [4.69, 9.17) is 0 Å². The number of hydrogen-bond acceptors (Lipinski definition) is 3. The molecule has 17 heavy (non-hydrogen) atoms. The van der Waals surface area contributed by atoms with Gasteiger partial charge in [-0.1, -0.05) is 0 Å². The first-order chi connectivity index (χ1) is 8.36. The molecule has 1 amide bonds. The van der Waals surface area contributed by atoms with Crippen LogP contribution in [0.15, 0.2) is 12.3 Å². The molecule has 5 nitrogen and oxygen atoms in total. The zero-order valence-electron chi connectivity index (χ0n) is 10.1. The van der Waals surface area contributed by atoms with Gasteiger partial charge in [-0.15, -0.1) is 0 Å². The van der Waals surface area contributed by atoms with Gasteiger partial charge in [-0.3, -0.25) is 9.89 Å². The van der Waals surface area contributed by atoms with Crippen LogP contribution in [0, 0.1) is 0 Å². The second-order valence-corrected chi connectivity index (χ2v) is 4.45. The summed E-state index contributed by atoms with van der Waals surface area (Å²) in [7, 11) is 0. The Morgan fingerprint density at radius 1 is 1.41 bits per heavy atom. The van der Waals surface area contributed by atoms with Gasteiger partial charge in [-0.05, 0) is 25.3 Å². The lowest BCUT2D eigenvalue weighted by Crippen LogP contribution is -2.37. The number of rotatable bonds is 5. The molecular weight excluding hydrogens is 216 g/mol. The van der Waals surface area contributed by atoms with E-state index in [0.29, 0.717) is 6.42 Å². The molecule has 2 heterocycles. The Morgan fingerprint density at radius 3 is 2.94 bits per heavy atom. The fraction of sp³-hybridized carbons (Fsp3) is 0.667. The number of carbonyl (C=O) groups excluding carboxylic acids is 1. The second-order valence-electron chi connectivity index (χ2n) is 4.45.